The third kappa shape index (κ3) is 2.54. The molecule has 0 unspecified atom stereocenters. The summed E-state index contributed by atoms with van der Waals surface area (Å²) in [6.07, 6.45) is 0. The predicted molar refractivity (Wildman–Crippen MR) is 71.6 cm³/mol. The molecule has 0 aliphatic carbocycles. The predicted octanol–water partition coefficient (Wildman–Crippen LogP) is 2.21. The summed E-state index contributed by atoms with van der Waals surface area (Å²) in [5.74, 6) is 0.141. The van der Waals surface area contributed by atoms with Crippen LogP contribution >= 0.6 is 0 Å². The molecule has 1 heterocycles. The fraction of sp³-hybridized carbons (Fsp3) is 0.357. The molecular formula is C14H18N2O2. The Hall–Kier alpha value is -1.81. The van der Waals surface area contributed by atoms with Crippen LogP contribution in [0, 0.1) is 6.92 Å². The third-order valence-corrected chi connectivity index (χ3v) is 2.75. The van der Waals surface area contributed by atoms with Crippen molar-refractivity contribution in [3.05, 3.63) is 35.6 Å². The summed E-state index contributed by atoms with van der Waals surface area (Å²) in [4.78, 5) is 12.0. The summed E-state index contributed by atoms with van der Waals surface area (Å²) in [5, 5.41) is 3.75. The van der Waals surface area contributed by atoms with Crippen LogP contribution < -0.4 is 11.1 Å². The maximum absolute atomic E-state index is 12.0. The number of furan rings is 1. The quantitative estimate of drug-likeness (QED) is 0.872. The van der Waals surface area contributed by atoms with Crippen molar-refractivity contribution in [2.45, 2.75) is 26.3 Å². The molecule has 0 aliphatic rings. The van der Waals surface area contributed by atoms with E-state index >= 15 is 0 Å². The van der Waals surface area contributed by atoms with Crippen LogP contribution in [-0.2, 0) is 0 Å². The lowest BCUT2D eigenvalue weighted by Crippen LogP contribution is -2.45. The smallest absolute Gasteiger partial charge is 0.287 e. The van der Waals surface area contributed by atoms with Gasteiger partial charge in [-0.1, -0.05) is 18.2 Å². The number of rotatable bonds is 3. The van der Waals surface area contributed by atoms with Crippen molar-refractivity contribution < 1.29 is 9.21 Å². The fourth-order valence-electron chi connectivity index (χ4n) is 1.78. The number of hydrogen-bond acceptors (Lipinski definition) is 3. The minimum absolute atomic E-state index is 0.220. The van der Waals surface area contributed by atoms with Gasteiger partial charge in [-0.25, -0.2) is 0 Å². The Morgan fingerprint density at radius 3 is 2.67 bits per heavy atom. The van der Waals surface area contributed by atoms with Crippen LogP contribution in [0.5, 0.6) is 0 Å². The van der Waals surface area contributed by atoms with Gasteiger partial charge in [-0.15, -0.1) is 0 Å². The van der Waals surface area contributed by atoms with Crippen LogP contribution in [0.3, 0.4) is 0 Å². The Bertz CT molecular complexity index is 579. The number of carbonyl (C=O) groups is 1. The molecule has 0 atom stereocenters. The molecule has 0 saturated carbocycles. The second kappa shape index (κ2) is 4.46. The van der Waals surface area contributed by atoms with Gasteiger partial charge in [0.2, 0.25) is 0 Å². The van der Waals surface area contributed by atoms with Gasteiger partial charge in [-0.05, 0) is 26.8 Å². The van der Waals surface area contributed by atoms with Gasteiger partial charge in [0, 0.05) is 23.0 Å². The van der Waals surface area contributed by atoms with E-state index in [-0.39, 0.29) is 5.91 Å². The molecular weight excluding hydrogens is 228 g/mol. The Morgan fingerprint density at radius 2 is 2.06 bits per heavy atom. The molecule has 4 heteroatoms. The number of nitrogens with one attached hydrogen (secondary N) is 1. The van der Waals surface area contributed by atoms with E-state index in [2.05, 4.69) is 5.32 Å². The lowest BCUT2D eigenvalue weighted by molar-refractivity contribution is 0.0919. The first-order chi connectivity index (χ1) is 8.38. The molecule has 3 N–H and O–H groups in total. The van der Waals surface area contributed by atoms with E-state index in [1.807, 2.05) is 45.0 Å². The molecule has 18 heavy (non-hydrogen) atoms. The summed E-state index contributed by atoms with van der Waals surface area (Å²) >= 11 is 0. The molecule has 2 rings (SSSR count). The first-order valence-electron chi connectivity index (χ1n) is 5.94. The van der Waals surface area contributed by atoms with E-state index in [0.29, 0.717) is 12.3 Å². The van der Waals surface area contributed by atoms with Gasteiger partial charge < -0.3 is 15.5 Å². The normalized spacial score (nSPS) is 11.8. The fourth-order valence-corrected chi connectivity index (χ4v) is 1.78. The molecule has 0 aliphatic heterocycles. The van der Waals surface area contributed by atoms with Crippen LogP contribution in [0.4, 0.5) is 0 Å². The monoisotopic (exact) mass is 246 g/mol. The maximum atomic E-state index is 12.0. The molecule has 0 spiro atoms. The summed E-state index contributed by atoms with van der Waals surface area (Å²) in [6.45, 7) is 6.01. The topological polar surface area (TPSA) is 68.3 Å². The standard InChI is InChI=1S/C14H18N2O2/c1-9-10-6-4-5-7-11(10)18-12(9)13(17)16-8-14(2,3)15/h4-7H,8,15H2,1-3H3,(H,16,17). The number of fused-ring (bicyclic) bond motifs is 1. The van der Waals surface area contributed by atoms with Crippen molar-refractivity contribution >= 4 is 16.9 Å². The first-order valence-corrected chi connectivity index (χ1v) is 5.94. The van der Waals surface area contributed by atoms with Crippen LogP contribution in [0.25, 0.3) is 11.0 Å². The summed E-state index contributed by atoms with van der Waals surface area (Å²) in [5.41, 5.74) is 6.98. The van der Waals surface area contributed by atoms with E-state index < -0.39 is 5.54 Å². The van der Waals surface area contributed by atoms with E-state index in [9.17, 15) is 4.79 Å². The number of hydrogen-bond donors (Lipinski definition) is 2. The molecule has 2 aromatic rings. The summed E-state index contributed by atoms with van der Waals surface area (Å²) in [6, 6.07) is 7.61. The molecule has 1 aromatic heterocycles. The second-order valence-corrected chi connectivity index (χ2v) is 5.22. The van der Waals surface area contributed by atoms with Crippen molar-refractivity contribution in [3.8, 4) is 0 Å². The van der Waals surface area contributed by atoms with E-state index in [1.165, 1.54) is 0 Å². The van der Waals surface area contributed by atoms with Crippen molar-refractivity contribution in [1.82, 2.24) is 5.32 Å². The number of para-hydroxylation sites is 1. The zero-order valence-corrected chi connectivity index (χ0v) is 10.9. The van der Waals surface area contributed by atoms with Crippen LogP contribution in [0.1, 0.15) is 30.0 Å². The first kappa shape index (κ1) is 12.6. The van der Waals surface area contributed by atoms with E-state index in [0.717, 1.165) is 16.5 Å². The molecule has 0 saturated heterocycles. The van der Waals surface area contributed by atoms with Crippen LogP contribution in [0.15, 0.2) is 28.7 Å². The van der Waals surface area contributed by atoms with Gasteiger partial charge in [-0.3, -0.25) is 4.79 Å². The van der Waals surface area contributed by atoms with Crippen molar-refractivity contribution in [3.63, 3.8) is 0 Å². The van der Waals surface area contributed by atoms with Crippen molar-refractivity contribution in [2.75, 3.05) is 6.54 Å². The number of carbonyl (C=O) groups excluding carboxylic acids is 1. The number of amides is 1. The zero-order chi connectivity index (χ0) is 13.3. The van der Waals surface area contributed by atoms with Gasteiger partial charge >= 0.3 is 0 Å². The Labute approximate surface area is 106 Å². The molecule has 0 radical (unpaired) electrons. The minimum Gasteiger partial charge on any atom is -0.451 e. The van der Waals surface area contributed by atoms with Crippen molar-refractivity contribution in [2.24, 2.45) is 5.73 Å². The molecule has 0 bridgehead atoms. The Morgan fingerprint density at radius 1 is 1.39 bits per heavy atom. The molecule has 1 amide bonds. The van der Waals surface area contributed by atoms with Gasteiger partial charge in [0.05, 0.1) is 0 Å². The highest BCUT2D eigenvalue weighted by Crippen LogP contribution is 2.24. The van der Waals surface area contributed by atoms with Gasteiger partial charge in [0.1, 0.15) is 5.58 Å². The van der Waals surface area contributed by atoms with E-state index in [4.69, 9.17) is 10.2 Å². The number of benzene rings is 1. The summed E-state index contributed by atoms with van der Waals surface area (Å²) < 4.78 is 5.57. The van der Waals surface area contributed by atoms with Crippen molar-refractivity contribution in [1.29, 1.82) is 0 Å². The largest absolute Gasteiger partial charge is 0.451 e. The molecule has 96 valence electrons. The third-order valence-electron chi connectivity index (χ3n) is 2.75. The molecule has 4 nitrogen and oxygen atoms in total. The Kier molecular flexibility index (Phi) is 3.13. The average Bonchev–Trinajstić information content (AvgIpc) is 2.64. The second-order valence-electron chi connectivity index (χ2n) is 5.22. The highest BCUT2D eigenvalue weighted by atomic mass is 16.3. The highest BCUT2D eigenvalue weighted by molar-refractivity contribution is 5.98. The summed E-state index contributed by atoms with van der Waals surface area (Å²) in [7, 11) is 0. The lowest BCUT2D eigenvalue weighted by Gasteiger charge is -2.18. The van der Waals surface area contributed by atoms with Gasteiger partial charge in [0.25, 0.3) is 5.91 Å². The highest BCUT2D eigenvalue weighted by Gasteiger charge is 2.19. The average molecular weight is 246 g/mol. The van der Waals surface area contributed by atoms with Gasteiger partial charge in [0.15, 0.2) is 5.76 Å². The Balaban J connectivity index is 2.26. The van der Waals surface area contributed by atoms with Crippen LogP contribution in [-0.4, -0.2) is 18.0 Å². The molecule has 0 fully saturated rings. The maximum Gasteiger partial charge on any atom is 0.287 e. The minimum atomic E-state index is -0.435. The van der Waals surface area contributed by atoms with Crippen LogP contribution in [0.2, 0.25) is 0 Å². The SMILES string of the molecule is Cc1c(C(=O)NCC(C)(C)N)oc2ccccc12. The molecule has 1 aromatic carbocycles. The zero-order valence-electron chi connectivity index (χ0n) is 10.9. The lowest BCUT2D eigenvalue weighted by atomic mass is 10.1. The van der Waals surface area contributed by atoms with E-state index in [1.54, 1.807) is 0 Å². The van der Waals surface area contributed by atoms with Gasteiger partial charge in [-0.2, -0.15) is 0 Å². The number of nitrogens with two attached hydrogens (primary N) is 1. The number of aryl methyl sites for hydroxylation is 1.